The van der Waals surface area contributed by atoms with Crippen molar-refractivity contribution in [3.63, 3.8) is 0 Å². The number of benzene rings is 2. The number of hydrogen-bond acceptors (Lipinski definition) is 4. The van der Waals surface area contributed by atoms with Gasteiger partial charge in [0, 0.05) is 5.57 Å². The molecule has 2 rings (SSSR count). The number of carboxylic acid groups (broad SMARTS) is 1. The van der Waals surface area contributed by atoms with Crippen molar-refractivity contribution in [1.82, 2.24) is 0 Å². The van der Waals surface area contributed by atoms with Gasteiger partial charge in [0.15, 0.2) is 0 Å². The topological polar surface area (TPSA) is 72.8 Å². The molecule has 0 atom stereocenters. The molecule has 0 saturated carbocycles. The van der Waals surface area contributed by atoms with Gasteiger partial charge in [0.05, 0.1) is 25.7 Å². The number of carbonyl (C=O) groups is 2. The van der Waals surface area contributed by atoms with Gasteiger partial charge in [-0.2, -0.15) is 0 Å². The summed E-state index contributed by atoms with van der Waals surface area (Å²) in [5.74, 6) is -1.12. The molecule has 0 spiro atoms. The van der Waals surface area contributed by atoms with Crippen LogP contribution in [0.15, 0.2) is 60.2 Å². The monoisotopic (exact) mass is 340 g/mol. The fourth-order valence-corrected chi connectivity index (χ4v) is 2.53. The van der Waals surface area contributed by atoms with Crippen molar-refractivity contribution in [3.05, 3.63) is 71.3 Å². The fourth-order valence-electron chi connectivity index (χ4n) is 2.53. The number of rotatable bonds is 7. The lowest BCUT2D eigenvalue weighted by atomic mass is 9.91. The van der Waals surface area contributed by atoms with E-state index in [4.69, 9.17) is 9.47 Å². The quantitative estimate of drug-likeness (QED) is 0.616. The molecule has 0 aliphatic carbocycles. The van der Waals surface area contributed by atoms with E-state index in [1.54, 1.807) is 32.2 Å². The van der Waals surface area contributed by atoms with Crippen LogP contribution in [0.4, 0.5) is 0 Å². The van der Waals surface area contributed by atoms with Gasteiger partial charge in [-0.05, 0) is 30.2 Å². The van der Waals surface area contributed by atoms with Crippen molar-refractivity contribution in [1.29, 1.82) is 0 Å². The fraction of sp³-hybridized carbons (Fsp3) is 0.200. The zero-order valence-corrected chi connectivity index (χ0v) is 14.2. The lowest BCUT2D eigenvalue weighted by Crippen LogP contribution is -2.14. The van der Waals surface area contributed by atoms with Gasteiger partial charge in [0.2, 0.25) is 0 Å². The van der Waals surface area contributed by atoms with E-state index in [1.807, 2.05) is 36.4 Å². The molecule has 5 nitrogen and oxygen atoms in total. The second kappa shape index (κ2) is 8.68. The third-order valence-electron chi connectivity index (χ3n) is 3.57. The van der Waals surface area contributed by atoms with Crippen LogP contribution in [0.3, 0.4) is 0 Å². The van der Waals surface area contributed by atoms with Crippen molar-refractivity contribution < 1.29 is 24.2 Å². The first-order valence-electron chi connectivity index (χ1n) is 7.88. The highest BCUT2D eigenvalue weighted by Gasteiger charge is 2.22. The molecular weight excluding hydrogens is 320 g/mol. The molecule has 0 aliphatic rings. The van der Waals surface area contributed by atoms with Gasteiger partial charge in [-0.1, -0.05) is 42.5 Å². The third-order valence-corrected chi connectivity index (χ3v) is 3.57. The Bertz CT molecular complexity index is 778. The Morgan fingerprint density at radius 2 is 1.68 bits per heavy atom. The molecule has 2 aromatic rings. The summed E-state index contributed by atoms with van der Waals surface area (Å²) in [5, 5.41) is 9.28. The van der Waals surface area contributed by atoms with Crippen LogP contribution < -0.4 is 4.74 Å². The number of ether oxygens (including phenoxy) is 2. The molecule has 25 heavy (non-hydrogen) atoms. The lowest BCUT2D eigenvalue weighted by Gasteiger charge is -2.15. The molecule has 0 heterocycles. The predicted molar refractivity (Wildman–Crippen MR) is 94.3 cm³/mol. The van der Waals surface area contributed by atoms with Gasteiger partial charge >= 0.3 is 11.9 Å². The highest BCUT2D eigenvalue weighted by atomic mass is 16.5. The molecule has 0 aliphatic heterocycles. The average Bonchev–Trinajstić information content (AvgIpc) is 2.62. The highest BCUT2D eigenvalue weighted by Crippen LogP contribution is 2.31. The van der Waals surface area contributed by atoms with E-state index in [0.717, 1.165) is 5.56 Å². The van der Waals surface area contributed by atoms with Crippen LogP contribution in [0.1, 0.15) is 24.5 Å². The second-order valence-corrected chi connectivity index (χ2v) is 5.24. The predicted octanol–water partition coefficient (Wildman–Crippen LogP) is 3.53. The first kappa shape index (κ1) is 18.3. The van der Waals surface area contributed by atoms with Crippen molar-refractivity contribution in [3.8, 4) is 5.75 Å². The lowest BCUT2D eigenvalue weighted by molar-refractivity contribution is -0.142. The van der Waals surface area contributed by atoms with Gasteiger partial charge < -0.3 is 14.6 Å². The number of hydrogen-bond donors (Lipinski definition) is 1. The van der Waals surface area contributed by atoms with Crippen LogP contribution >= 0.6 is 0 Å². The van der Waals surface area contributed by atoms with E-state index < -0.39 is 18.4 Å². The molecule has 1 N–H and O–H groups in total. The van der Waals surface area contributed by atoms with E-state index >= 15 is 0 Å². The van der Waals surface area contributed by atoms with E-state index in [0.29, 0.717) is 16.9 Å². The summed E-state index contributed by atoms with van der Waals surface area (Å²) in [4.78, 5) is 23.8. The van der Waals surface area contributed by atoms with Gasteiger partial charge in [-0.3, -0.25) is 4.79 Å². The Hall–Kier alpha value is -3.08. The molecule has 0 radical (unpaired) electrons. The van der Waals surface area contributed by atoms with Crippen LogP contribution in [0.2, 0.25) is 0 Å². The maximum atomic E-state index is 12.4. The molecule has 0 unspecified atom stereocenters. The normalized spacial score (nSPS) is 11.4. The molecule has 0 saturated heterocycles. The summed E-state index contributed by atoms with van der Waals surface area (Å²) in [6, 6.07) is 16.3. The zero-order chi connectivity index (χ0) is 18.2. The minimum absolute atomic E-state index is 0.105. The van der Waals surface area contributed by atoms with Crippen molar-refractivity contribution in [2.75, 3.05) is 13.7 Å². The SMILES string of the molecule is CCOC(=O)/C(CC(=O)O)=C(\c1ccccc1)c1cccc(OC)c1. The van der Waals surface area contributed by atoms with Gasteiger partial charge in [0.1, 0.15) is 5.75 Å². The molecule has 0 fully saturated rings. The van der Waals surface area contributed by atoms with Crippen LogP contribution in [-0.4, -0.2) is 30.8 Å². The van der Waals surface area contributed by atoms with Crippen molar-refractivity contribution in [2.45, 2.75) is 13.3 Å². The minimum Gasteiger partial charge on any atom is -0.497 e. The molecule has 0 bridgehead atoms. The largest absolute Gasteiger partial charge is 0.497 e. The summed E-state index contributed by atoms with van der Waals surface area (Å²) >= 11 is 0. The molecule has 0 aromatic heterocycles. The average molecular weight is 340 g/mol. The molecule has 2 aromatic carbocycles. The van der Waals surface area contributed by atoms with E-state index in [2.05, 4.69) is 0 Å². The number of carbonyl (C=O) groups excluding carboxylic acids is 1. The highest BCUT2D eigenvalue weighted by molar-refractivity contribution is 6.04. The summed E-state index contributed by atoms with van der Waals surface area (Å²) in [7, 11) is 1.55. The molecular formula is C20H20O5. The Labute approximate surface area is 146 Å². The molecule has 5 heteroatoms. The van der Waals surface area contributed by atoms with Gasteiger partial charge in [-0.15, -0.1) is 0 Å². The van der Waals surface area contributed by atoms with Crippen LogP contribution in [-0.2, 0) is 14.3 Å². The summed E-state index contributed by atoms with van der Waals surface area (Å²) in [6.07, 6.45) is -0.430. The standard InChI is InChI=1S/C20H20O5/c1-3-25-20(23)17(13-18(21)22)19(14-8-5-4-6-9-14)15-10-7-11-16(12-15)24-2/h4-12H,3,13H2,1-2H3,(H,21,22)/b19-17+. The zero-order valence-electron chi connectivity index (χ0n) is 14.2. The third kappa shape index (κ3) is 4.70. The Morgan fingerprint density at radius 3 is 2.28 bits per heavy atom. The second-order valence-electron chi connectivity index (χ2n) is 5.24. The smallest absolute Gasteiger partial charge is 0.335 e. The van der Waals surface area contributed by atoms with E-state index in [9.17, 15) is 14.7 Å². The van der Waals surface area contributed by atoms with Crippen LogP contribution in [0.5, 0.6) is 5.75 Å². The molecule has 0 amide bonds. The number of carboxylic acids is 1. The summed E-state index contributed by atoms with van der Waals surface area (Å²) < 4.78 is 10.3. The maximum absolute atomic E-state index is 12.4. The van der Waals surface area contributed by atoms with Crippen LogP contribution in [0, 0.1) is 0 Å². The van der Waals surface area contributed by atoms with Crippen molar-refractivity contribution >= 4 is 17.5 Å². The first-order valence-corrected chi connectivity index (χ1v) is 7.88. The minimum atomic E-state index is -1.10. The summed E-state index contributed by atoms with van der Waals surface area (Å²) in [6.45, 7) is 1.85. The van der Waals surface area contributed by atoms with Gasteiger partial charge in [0.25, 0.3) is 0 Å². The van der Waals surface area contributed by atoms with E-state index in [1.165, 1.54) is 0 Å². The maximum Gasteiger partial charge on any atom is 0.335 e. The van der Waals surface area contributed by atoms with Gasteiger partial charge in [-0.25, -0.2) is 4.79 Å². The van der Waals surface area contributed by atoms with Crippen LogP contribution in [0.25, 0.3) is 5.57 Å². The summed E-state index contributed by atoms with van der Waals surface area (Å²) in [5.41, 5.74) is 2.06. The van der Waals surface area contributed by atoms with E-state index in [-0.39, 0.29) is 12.2 Å². The number of aliphatic carboxylic acids is 1. The molecule has 130 valence electrons. The number of methoxy groups -OCH3 is 1. The Balaban J connectivity index is 2.73. The Morgan fingerprint density at radius 1 is 1.00 bits per heavy atom. The number of esters is 1. The Kier molecular flexibility index (Phi) is 6.34. The first-order chi connectivity index (χ1) is 12.1. The van der Waals surface area contributed by atoms with Crippen molar-refractivity contribution in [2.24, 2.45) is 0 Å².